The number of rotatable bonds is 6. The molecule has 1 atom stereocenters. The fraction of sp³-hybridized carbons (Fsp3) is 0.625. The predicted octanol–water partition coefficient (Wildman–Crippen LogP) is 2.98. The molecular weight excluding hydrogens is 270 g/mol. The molecule has 1 heterocycles. The first-order valence-corrected chi connectivity index (χ1v) is 7.90. The molecule has 0 saturated carbocycles. The molecule has 1 fully saturated rings. The largest absolute Gasteiger partial charge is 0.370 e. The molecule has 3 nitrogen and oxygen atoms in total. The van der Waals surface area contributed by atoms with E-state index in [0.29, 0.717) is 6.04 Å². The van der Waals surface area contributed by atoms with Crippen molar-refractivity contribution in [2.45, 2.75) is 32.4 Å². The van der Waals surface area contributed by atoms with E-state index >= 15 is 0 Å². The molecule has 0 spiro atoms. The predicted molar refractivity (Wildman–Crippen MR) is 87.8 cm³/mol. The van der Waals surface area contributed by atoms with Gasteiger partial charge in [-0.1, -0.05) is 24.6 Å². The lowest BCUT2D eigenvalue weighted by Gasteiger charge is -2.22. The van der Waals surface area contributed by atoms with Crippen LogP contribution in [0.4, 0.5) is 5.69 Å². The SMILES string of the molecule is CCCNCc1ccc(N2CCC(N(C)C)C2)cc1Cl. The van der Waals surface area contributed by atoms with Gasteiger partial charge in [-0.15, -0.1) is 0 Å². The minimum absolute atomic E-state index is 0.652. The molecule has 112 valence electrons. The monoisotopic (exact) mass is 295 g/mol. The van der Waals surface area contributed by atoms with Crippen molar-refractivity contribution in [1.29, 1.82) is 0 Å². The van der Waals surface area contributed by atoms with Crippen LogP contribution in [0, 0.1) is 0 Å². The first-order valence-electron chi connectivity index (χ1n) is 7.52. The fourth-order valence-corrected chi connectivity index (χ4v) is 2.92. The van der Waals surface area contributed by atoms with E-state index in [1.165, 1.54) is 17.7 Å². The molecule has 0 amide bonds. The second kappa shape index (κ2) is 7.30. The second-order valence-electron chi connectivity index (χ2n) is 5.80. The molecule has 1 aliphatic heterocycles. The maximum atomic E-state index is 6.41. The first kappa shape index (κ1) is 15.6. The first-order chi connectivity index (χ1) is 9.61. The number of likely N-dealkylation sites (N-methyl/N-ethyl adjacent to an activating group) is 1. The summed E-state index contributed by atoms with van der Waals surface area (Å²) >= 11 is 6.41. The fourth-order valence-electron chi connectivity index (χ4n) is 2.67. The van der Waals surface area contributed by atoms with Crippen LogP contribution in [0.5, 0.6) is 0 Å². The number of halogens is 1. The van der Waals surface area contributed by atoms with Gasteiger partial charge in [-0.3, -0.25) is 0 Å². The molecule has 1 N–H and O–H groups in total. The van der Waals surface area contributed by atoms with Gasteiger partial charge < -0.3 is 15.1 Å². The Labute approximate surface area is 127 Å². The highest BCUT2D eigenvalue weighted by Gasteiger charge is 2.24. The summed E-state index contributed by atoms with van der Waals surface area (Å²) in [7, 11) is 4.31. The Balaban J connectivity index is 1.98. The van der Waals surface area contributed by atoms with E-state index < -0.39 is 0 Å². The molecule has 1 unspecified atom stereocenters. The van der Waals surface area contributed by atoms with Crippen molar-refractivity contribution in [3.63, 3.8) is 0 Å². The number of nitrogens with zero attached hydrogens (tertiary/aromatic N) is 2. The Morgan fingerprint density at radius 1 is 1.40 bits per heavy atom. The van der Waals surface area contributed by atoms with E-state index in [1.54, 1.807) is 0 Å². The average molecular weight is 296 g/mol. The summed E-state index contributed by atoms with van der Waals surface area (Å²) in [6, 6.07) is 7.12. The molecule has 0 bridgehead atoms. The molecule has 1 saturated heterocycles. The highest BCUT2D eigenvalue weighted by atomic mass is 35.5. The second-order valence-corrected chi connectivity index (χ2v) is 6.21. The standard InChI is InChI=1S/C16H26ClN3/c1-4-8-18-11-13-5-6-14(10-16(13)17)20-9-7-15(12-20)19(2)3/h5-6,10,15,18H,4,7-9,11-12H2,1-3H3. The van der Waals surface area contributed by atoms with Crippen LogP contribution < -0.4 is 10.2 Å². The van der Waals surface area contributed by atoms with Gasteiger partial charge in [-0.05, 0) is 51.2 Å². The van der Waals surface area contributed by atoms with E-state index in [0.717, 1.165) is 37.6 Å². The molecule has 1 aliphatic rings. The van der Waals surface area contributed by atoms with Crippen LogP contribution in [-0.4, -0.2) is 44.7 Å². The normalized spacial score (nSPS) is 19.1. The molecule has 4 heteroatoms. The zero-order valence-electron chi connectivity index (χ0n) is 12.8. The van der Waals surface area contributed by atoms with Crippen LogP contribution in [0.1, 0.15) is 25.3 Å². The molecule has 0 aliphatic carbocycles. The van der Waals surface area contributed by atoms with E-state index in [2.05, 4.69) is 54.3 Å². The lowest BCUT2D eigenvalue weighted by atomic mass is 10.2. The average Bonchev–Trinajstić information content (AvgIpc) is 2.90. The van der Waals surface area contributed by atoms with E-state index in [1.807, 2.05) is 0 Å². The quantitative estimate of drug-likeness (QED) is 0.814. The highest BCUT2D eigenvalue weighted by Crippen LogP contribution is 2.27. The summed E-state index contributed by atoms with van der Waals surface area (Å²) in [5.41, 5.74) is 2.44. The zero-order chi connectivity index (χ0) is 14.5. The Morgan fingerprint density at radius 3 is 2.80 bits per heavy atom. The third-order valence-electron chi connectivity index (χ3n) is 4.04. The topological polar surface area (TPSA) is 18.5 Å². The van der Waals surface area contributed by atoms with Crippen molar-refractivity contribution in [3.05, 3.63) is 28.8 Å². The van der Waals surface area contributed by atoms with Crippen LogP contribution in [-0.2, 0) is 6.54 Å². The summed E-state index contributed by atoms with van der Waals surface area (Å²) in [5.74, 6) is 0. The van der Waals surface area contributed by atoms with Crippen molar-refractivity contribution < 1.29 is 0 Å². The van der Waals surface area contributed by atoms with Gasteiger partial charge in [-0.25, -0.2) is 0 Å². The van der Waals surface area contributed by atoms with Crippen molar-refractivity contribution in [2.75, 3.05) is 38.6 Å². The smallest absolute Gasteiger partial charge is 0.0471 e. The Morgan fingerprint density at radius 2 is 2.20 bits per heavy atom. The van der Waals surface area contributed by atoms with Crippen LogP contribution in [0.25, 0.3) is 0 Å². The molecule has 1 aromatic carbocycles. The molecule has 1 aromatic rings. The molecule has 20 heavy (non-hydrogen) atoms. The van der Waals surface area contributed by atoms with Crippen LogP contribution in [0.15, 0.2) is 18.2 Å². The van der Waals surface area contributed by atoms with Gasteiger partial charge in [-0.2, -0.15) is 0 Å². The Hall–Kier alpha value is -0.770. The van der Waals surface area contributed by atoms with Crippen molar-refractivity contribution in [3.8, 4) is 0 Å². The summed E-state index contributed by atoms with van der Waals surface area (Å²) in [6.45, 7) is 6.28. The Kier molecular flexibility index (Phi) is 5.70. The lowest BCUT2D eigenvalue weighted by molar-refractivity contribution is 0.315. The maximum absolute atomic E-state index is 6.41. The number of benzene rings is 1. The molecule has 0 aromatic heterocycles. The minimum Gasteiger partial charge on any atom is -0.370 e. The number of hydrogen-bond acceptors (Lipinski definition) is 3. The van der Waals surface area contributed by atoms with E-state index in [9.17, 15) is 0 Å². The Bertz CT molecular complexity index is 434. The summed E-state index contributed by atoms with van der Waals surface area (Å²) in [6.07, 6.45) is 2.37. The van der Waals surface area contributed by atoms with Crippen molar-refractivity contribution >= 4 is 17.3 Å². The molecule has 0 radical (unpaired) electrons. The summed E-state index contributed by atoms with van der Waals surface area (Å²) < 4.78 is 0. The summed E-state index contributed by atoms with van der Waals surface area (Å²) in [4.78, 5) is 4.74. The van der Waals surface area contributed by atoms with Crippen molar-refractivity contribution in [1.82, 2.24) is 10.2 Å². The lowest BCUT2D eigenvalue weighted by Crippen LogP contribution is -2.31. The van der Waals surface area contributed by atoms with E-state index in [-0.39, 0.29) is 0 Å². The van der Waals surface area contributed by atoms with Crippen LogP contribution in [0.2, 0.25) is 5.02 Å². The van der Waals surface area contributed by atoms with Gasteiger partial charge in [0.15, 0.2) is 0 Å². The number of hydrogen-bond donors (Lipinski definition) is 1. The third-order valence-corrected chi connectivity index (χ3v) is 4.39. The number of nitrogens with one attached hydrogen (secondary N) is 1. The zero-order valence-corrected chi connectivity index (χ0v) is 13.6. The van der Waals surface area contributed by atoms with Gasteiger partial charge in [0.25, 0.3) is 0 Å². The third kappa shape index (κ3) is 3.87. The van der Waals surface area contributed by atoms with Crippen LogP contribution in [0.3, 0.4) is 0 Å². The van der Waals surface area contributed by atoms with Gasteiger partial charge in [0, 0.05) is 36.4 Å². The van der Waals surface area contributed by atoms with Gasteiger partial charge in [0.05, 0.1) is 0 Å². The van der Waals surface area contributed by atoms with Gasteiger partial charge in [0.2, 0.25) is 0 Å². The minimum atomic E-state index is 0.652. The maximum Gasteiger partial charge on any atom is 0.0471 e. The van der Waals surface area contributed by atoms with Crippen molar-refractivity contribution in [2.24, 2.45) is 0 Å². The van der Waals surface area contributed by atoms with Crippen LogP contribution >= 0.6 is 11.6 Å². The van der Waals surface area contributed by atoms with Gasteiger partial charge >= 0.3 is 0 Å². The number of anilines is 1. The highest BCUT2D eigenvalue weighted by molar-refractivity contribution is 6.31. The summed E-state index contributed by atoms with van der Waals surface area (Å²) in [5, 5.41) is 4.27. The van der Waals surface area contributed by atoms with Gasteiger partial charge in [0.1, 0.15) is 0 Å². The molecular formula is C16H26ClN3. The molecule has 2 rings (SSSR count). The van der Waals surface area contributed by atoms with E-state index in [4.69, 9.17) is 11.6 Å².